The summed E-state index contributed by atoms with van der Waals surface area (Å²) in [5.41, 5.74) is 0.492. The Morgan fingerprint density at radius 2 is 2.08 bits per heavy atom. The minimum atomic E-state index is -3.77. The summed E-state index contributed by atoms with van der Waals surface area (Å²) >= 11 is 0. The molecule has 2 aliphatic carbocycles. The summed E-state index contributed by atoms with van der Waals surface area (Å²) in [6.07, 6.45) is 5.39. The molecule has 0 spiro atoms. The largest absolute Gasteiger partial charge is 0.352 e. The summed E-state index contributed by atoms with van der Waals surface area (Å²) in [6, 6.07) is 4.10. The van der Waals surface area contributed by atoms with E-state index in [1.165, 1.54) is 24.6 Å². The molecule has 2 aliphatic rings. The van der Waals surface area contributed by atoms with Crippen LogP contribution >= 0.6 is 0 Å². The molecule has 1 N–H and O–H groups in total. The third-order valence-corrected chi connectivity index (χ3v) is 6.57. The van der Waals surface area contributed by atoms with Gasteiger partial charge in [0.25, 0.3) is 5.69 Å². The number of sulfonamides is 1. The number of carbonyl (C=O) groups is 1. The van der Waals surface area contributed by atoms with E-state index in [9.17, 15) is 23.3 Å². The normalized spacial score (nSPS) is 24.5. The third kappa shape index (κ3) is 3.82. The number of hydrogen-bond donors (Lipinski definition) is 1. The van der Waals surface area contributed by atoms with E-state index in [1.54, 1.807) is 6.92 Å². The molecule has 0 aliphatic heterocycles. The highest BCUT2D eigenvalue weighted by Gasteiger charge is 2.40. The Morgan fingerprint density at radius 1 is 1.35 bits per heavy atom. The van der Waals surface area contributed by atoms with Crippen molar-refractivity contribution in [3.63, 3.8) is 0 Å². The van der Waals surface area contributed by atoms with Gasteiger partial charge in [0.2, 0.25) is 15.9 Å². The second-order valence-corrected chi connectivity index (χ2v) is 9.25. The SMILES string of the molecule is Cc1ccc([N+](=O)[O-])cc1N(CC(=O)NC1CC2CCC1C2)S(C)(=O)=O. The Bertz CT molecular complexity index is 839. The Labute approximate surface area is 152 Å². The average Bonchev–Trinajstić information content (AvgIpc) is 3.15. The van der Waals surface area contributed by atoms with E-state index in [2.05, 4.69) is 5.32 Å². The van der Waals surface area contributed by atoms with Crippen LogP contribution in [0.15, 0.2) is 18.2 Å². The molecule has 142 valence electrons. The maximum Gasteiger partial charge on any atom is 0.271 e. The summed E-state index contributed by atoms with van der Waals surface area (Å²) in [5.74, 6) is 0.768. The molecule has 26 heavy (non-hydrogen) atoms. The van der Waals surface area contributed by atoms with Gasteiger partial charge < -0.3 is 5.32 Å². The predicted molar refractivity (Wildman–Crippen MR) is 97.4 cm³/mol. The van der Waals surface area contributed by atoms with E-state index in [1.807, 2.05) is 0 Å². The van der Waals surface area contributed by atoms with Gasteiger partial charge in [-0.25, -0.2) is 8.42 Å². The molecule has 3 atom stereocenters. The quantitative estimate of drug-likeness (QED) is 0.598. The van der Waals surface area contributed by atoms with Crippen molar-refractivity contribution in [2.75, 3.05) is 17.1 Å². The van der Waals surface area contributed by atoms with Gasteiger partial charge in [-0.05, 0) is 43.6 Å². The van der Waals surface area contributed by atoms with Gasteiger partial charge in [-0.3, -0.25) is 19.2 Å². The molecule has 3 rings (SSSR count). The number of anilines is 1. The highest BCUT2D eigenvalue weighted by Crippen LogP contribution is 2.44. The van der Waals surface area contributed by atoms with Gasteiger partial charge in [-0.2, -0.15) is 0 Å². The molecule has 0 heterocycles. The van der Waals surface area contributed by atoms with Crippen LogP contribution in [-0.4, -0.2) is 38.1 Å². The first-order valence-corrected chi connectivity index (χ1v) is 10.5. The molecule has 1 amide bonds. The molecule has 1 aromatic carbocycles. The van der Waals surface area contributed by atoms with Crippen LogP contribution in [0.3, 0.4) is 0 Å². The topological polar surface area (TPSA) is 110 Å². The van der Waals surface area contributed by atoms with Gasteiger partial charge in [0, 0.05) is 18.2 Å². The highest BCUT2D eigenvalue weighted by molar-refractivity contribution is 7.92. The Morgan fingerprint density at radius 3 is 2.62 bits per heavy atom. The number of carbonyl (C=O) groups excluding carboxylic acids is 1. The molecule has 2 fully saturated rings. The molecular formula is C17H23N3O5S. The molecule has 9 heteroatoms. The molecule has 0 saturated heterocycles. The second-order valence-electron chi connectivity index (χ2n) is 7.35. The van der Waals surface area contributed by atoms with Crippen LogP contribution in [0.25, 0.3) is 0 Å². The number of fused-ring (bicyclic) bond motifs is 2. The van der Waals surface area contributed by atoms with Crippen LogP contribution < -0.4 is 9.62 Å². The van der Waals surface area contributed by atoms with E-state index in [-0.39, 0.29) is 29.9 Å². The number of non-ortho nitro benzene ring substituents is 1. The van der Waals surface area contributed by atoms with Gasteiger partial charge in [0.15, 0.2) is 0 Å². The van der Waals surface area contributed by atoms with E-state index >= 15 is 0 Å². The maximum absolute atomic E-state index is 12.5. The molecule has 0 aromatic heterocycles. The Kier molecular flexibility index (Phi) is 4.92. The molecule has 2 bridgehead atoms. The van der Waals surface area contributed by atoms with Gasteiger partial charge in [0.1, 0.15) is 6.54 Å². The van der Waals surface area contributed by atoms with Gasteiger partial charge in [0.05, 0.1) is 16.9 Å². The number of rotatable bonds is 6. The number of hydrogen-bond acceptors (Lipinski definition) is 5. The molecule has 8 nitrogen and oxygen atoms in total. The van der Waals surface area contributed by atoms with Crippen LogP contribution in [0.1, 0.15) is 31.2 Å². The first-order valence-electron chi connectivity index (χ1n) is 8.67. The minimum Gasteiger partial charge on any atom is -0.352 e. The van der Waals surface area contributed by atoms with Crippen molar-refractivity contribution in [1.82, 2.24) is 5.32 Å². The fourth-order valence-electron chi connectivity index (χ4n) is 4.17. The molecule has 0 radical (unpaired) electrons. The van der Waals surface area contributed by atoms with Crippen LogP contribution in [0, 0.1) is 28.9 Å². The molecular weight excluding hydrogens is 358 g/mol. The minimum absolute atomic E-state index is 0.105. The first kappa shape index (κ1) is 18.6. The predicted octanol–water partition coefficient (Wildman–Crippen LogP) is 1.97. The lowest BCUT2D eigenvalue weighted by molar-refractivity contribution is -0.384. The zero-order chi connectivity index (χ0) is 19.1. The van der Waals surface area contributed by atoms with Gasteiger partial charge >= 0.3 is 0 Å². The number of nitro benzene ring substituents is 1. The van der Waals surface area contributed by atoms with Crippen molar-refractivity contribution < 1.29 is 18.1 Å². The number of benzene rings is 1. The third-order valence-electron chi connectivity index (χ3n) is 5.44. The number of nitrogens with one attached hydrogen (secondary N) is 1. The number of aryl methyl sites for hydroxylation is 1. The monoisotopic (exact) mass is 381 g/mol. The Balaban J connectivity index is 1.80. The van der Waals surface area contributed by atoms with Crippen LogP contribution in [0.5, 0.6) is 0 Å². The maximum atomic E-state index is 12.5. The van der Waals surface area contributed by atoms with E-state index < -0.39 is 14.9 Å². The lowest BCUT2D eigenvalue weighted by Crippen LogP contribution is -2.45. The fourth-order valence-corrected chi connectivity index (χ4v) is 5.07. The number of nitrogens with zero attached hydrogens (tertiary/aromatic N) is 2. The van der Waals surface area contributed by atoms with Crippen molar-refractivity contribution >= 4 is 27.3 Å². The molecule has 3 unspecified atom stereocenters. The Hall–Kier alpha value is -2.16. The van der Waals surface area contributed by atoms with E-state index in [0.717, 1.165) is 29.8 Å². The van der Waals surface area contributed by atoms with E-state index in [4.69, 9.17) is 0 Å². The van der Waals surface area contributed by atoms with Crippen molar-refractivity contribution in [2.24, 2.45) is 11.8 Å². The summed E-state index contributed by atoms with van der Waals surface area (Å²) < 4.78 is 25.4. The lowest BCUT2D eigenvalue weighted by atomic mass is 9.95. The zero-order valence-corrected chi connectivity index (χ0v) is 15.7. The van der Waals surface area contributed by atoms with Crippen LogP contribution in [0.2, 0.25) is 0 Å². The van der Waals surface area contributed by atoms with Crippen molar-refractivity contribution in [1.29, 1.82) is 0 Å². The van der Waals surface area contributed by atoms with Crippen LogP contribution in [-0.2, 0) is 14.8 Å². The summed E-state index contributed by atoms with van der Waals surface area (Å²) in [4.78, 5) is 22.9. The van der Waals surface area contributed by atoms with E-state index in [0.29, 0.717) is 17.4 Å². The number of amides is 1. The zero-order valence-electron chi connectivity index (χ0n) is 14.8. The number of nitro groups is 1. The highest BCUT2D eigenvalue weighted by atomic mass is 32.2. The molecule has 2 saturated carbocycles. The van der Waals surface area contributed by atoms with Crippen molar-refractivity contribution in [3.8, 4) is 0 Å². The second kappa shape index (κ2) is 6.86. The van der Waals surface area contributed by atoms with Crippen LogP contribution in [0.4, 0.5) is 11.4 Å². The first-order chi connectivity index (χ1) is 12.1. The average molecular weight is 381 g/mol. The van der Waals surface area contributed by atoms with Gasteiger partial charge in [-0.15, -0.1) is 0 Å². The lowest BCUT2D eigenvalue weighted by Gasteiger charge is -2.27. The van der Waals surface area contributed by atoms with Crippen molar-refractivity contribution in [2.45, 2.75) is 38.6 Å². The molecule has 1 aromatic rings. The summed E-state index contributed by atoms with van der Waals surface area (Å²) in [5, 5.41) is 14.0. The summed E-state index contributed by atoms with van der Waals surface area (Å²) in [7, 11) is -3.77. The van der Waals surface area contributed by atoms with Crippen molar-refractivity contribution in [3.05, 3.63) is 33.9 Å². The van der Waals surface area contributed by atoms with Gasteiger partial charge in [-0.1, -0.05) is 12.5 Å². The smallest absolute Gasteiger partial charge is 0.271 e. The summed E-state index contributed by atoms with van der Waals surface area (Å²) in [6.45, 7) is 1.28. The fraction of sp³-hybridized carbons (Fsp3) is 0.588. The standard InChI is InChI=1S/C17H23N3O5S/c1-11-3-6-14(20(22)23)9-16(11)19(26(2,24)25)10-17(21)18-15-8-12-4-5-13(15)7-12/h3,6,9,12-13,15H,4-5,7-8,10H2,1-2H3,(H,18,21).